The number of nitrogens with one attached hydrogen (secondary N) is 3. The van der Waals surface area contributed by atoms with Crippen LogP contribution in [0, 0.1) is 5.92 Å². The molecule has 8 nitrogen and oxygen atoms in total. The molecule has 3 aliphatic rings. The molecule has 3 unspecified atom stereocenters. The first-order valence-corrected chi connectivity index (χ1v) is 10.7. The molecule has 0 bridgehead atoms. The van der Waals surface area contributed by atoms with E-state index in [4.69, 9.17) is 0 Å². The number of hydrogen-bond donors (Lipinski definition) is 3. The second-order valence-corrected chi connectivity index (χ2v) is 8.51. The molecule has 1 aliphatic carbocycles. The first-order chi connectivity index (χ1) is 14.3. The number of hydrazine groups is 2. The van der Waals surface area contributed by atoms with Crippen molar-refractivity contribution < 1.29 is 4.79 Å². The molecule has 5 rings (SSSR count). The first kappa shape index (κ1) is 18.7. The fourth-order valence-electron chi connectivity index (χ4n) is 5.07. The third kappa shape index (κ3) is 3.92. The molecule has 2 aromatic heterocycles. The van der Waals surface area contributed by atoms with Crippen LogP contribution in [0.3, 0.4) is 0 Å². The lowest BCUT2D eigenvalue weighted by Gasteiger charge is -2.37. The average molecular weight is 396 g/mol. The predicted octanol–water partition coefficient (Wildman–Crippen LogP) is 1.18. The van der Waals surface area contributed by atoms with Crippen molar-refractivity contribution in [2.75, 3.05) is 13.1 Å². The van der Waals surface area contributed by atoms with Crippen molar-refractivity contribution in [3.8, 4) is 0 Å². The number of likely N-dealkylation sites (tertiary alicyclic amines) is 1. The maximum absolute atomic E-state index is 13.1. The Morgan fingerprint density at radius 1 is 1.03 bits per heavy atom. The maximum Gasteiger partial charge on any atom is 0.225 e. The van der Waals surface area contributed by atoms with Gasteiger partial charge >= 0.3 is 0 Å². The molecule has 2 aromatic rings. The van der Waals surface area contributed by atoms with Gasteiger partial charge in [0.25, 0.3) is 0 Å². The van der Waals surface area contributed by atoms with Crippen LogP contribution in [0.4, 0.5) is 0 Å². The summed E-state index contributed by atoms with van der Waals surface area (Å²) in [6.07, 6.45) is 12.5. The molecule has 1 amide bonds. The van der Waals surface area contributed by atoms with E-state index in [-0.39, 0.29) is 5.92 Å². The predicted molar refractivity (Wildman–Crippen MR) is 108 cm³/mol. The van der Waals surface area contributed by atoms with Gasteiger partial charge in [-0.2, -0.15) is 5.53 Å². The molecule has 0 spiro atoms. The van der Waals surface area contributed by atoms with Crippen molar-refractivity contribution in [2.45, 2.75) is 56.7 Å². The largest absolute Gasteiger partial charge is 0.342 e. The number of nitrogens with zero attached hydrogens (tertiary/aromatic N) is 4. The number of amides is 1. The molecule has 0 aromatic carbocycles. The van der Waals surface area contributed by atoms with Gasteiger partial charge in [0.15, 0.2) is 0 Å². The Labute approximate surface area is 171 Å². The molecule has 3 N–H and O–H groups in total. The van der Waals surface area contributed by atoms with Crippen molar-refractivity contribution in [3.05, 3.63) is 48.3 Å². The monoisotopic (exact) mass is 395 g/mol. The van der Waals surface area contributed by atoms with Crippen LogP contribution in [-0.2, 0) is 11.3 Å². The summed E-state index contributed by atoms with van der Waals surface area (Å²) in [6, 6.07) is 4.90. The van der Waals surface area contributed by atoms with Crippen molar-refractivity contribution >= 4 is 5.91 Å². The van der Waals surface area contributed by atoms with Crippen LogP contribution in [0.15, 0.2) is 36.9 Å². The number of rotatable bonds is 4. The Bertz CT molecular complexity index is 831. The molecule has 2 saturated heterocycles. The van der Waals surface area contributed by atoms with E-state index < -0.39 is 0 Å². The Hall–Kier alpha value is -2.29. The fourth-order valence-corrected chi connectivity index (χ4v) is 5.07. The zero-order valence-corrected chi connectivity index (χ0v) is 16.6. The lowest BCUT2D eigenvalue weighted by molar-refractivity contribution is -0.138. The van der Waals surface area contributed by atoms with E-state index >= 15 is 0 Å². The Morgan fingerprint density at radius 3 is 2.66 bits per heavy atom. The van der Waals surface area contributed by atoms with Crippen LogP contribution in [0.1, 0.15) is 49.4 Å². The number of fused-ring (bicyclic) bond motifs is 1. The number of hydrogen-bond acceptors (Lipinski definition) is 6. The Morgan fingerprint density at radius 2 is 1.83 bits per heavy atom. The second kappa shape index (κ2) is 8.22. The average Bonchev–Trinajstić information content (AvgIpc) is 3.43. The molecule has 154 valence electrons. The smallest absolute Gasteiger partial charge is 0.225 e. The quantitative estimate of drug-likeness (QED) is 0.721. The molecule has 2 aliphatic heterocycles. The van der Waals surface area contributed by atoms with Gasteiger partial charge in [0.05, 0.1) is 0 Å². The lowest BCUT2D eigenvalue weighted by atomic mass is 9.82. The van der Waals surface area contributed by atoms with Gasteiger partial charge in [-0.3, -0.25) is 9.78 Å². The van der Waals surface area contributed by atoms with Gasteiger partial charge in [0, 0.05) is 68.3 Å². The molecule has 3 atom stereocenters. The summed E-state index contributed by atoms with van der Waals surface area (Å²) in [5, 5.41) is 0. The van der Waals surface area contributed by atoms with E-state index in [2.05, 4.69) is 42.0 Å². The van der Waals surface area contributed by atoms with Gasteiger partial charge in [-0.05, 0) is 49.8 Å². The van der Waals surface area contributed by atoms with E-state index in [1.54, 1.807) is 0 Å². The molecule has 8 heteroatoms. The van der Waals surface area contributed by atoms with Crippen molar-refractivity contribution in [2.24, 2.45) is 5.92 Å². The van der Waals surface area contributed by atoms with Crippen LogP contribution in [-0.4, -0.2) is 50.5 Å². The van der Waals surface area contributed by atoms with Gasteiger partial charge in [0.2, 0.25) is 5.91 Å². The number of carbonyl (C=O) groups excluding carboxylic acids is 1. The molecular weight excluding hydrogens is 366 g/mol. The van der Waals surface area contributed by atoms with Gasteiger partial charge in [-0.1, -0.05) is 0 Å². The van der Waals surface area contributed by atoms with E-state index in [1.165, 1.54) is 5.56 Å². The van der Waals surface area contributed by atoms with E-state index in [0.717, 1.165) is 57.6 Å². The summed E-state index contributed by atoms with van der Waals surface area (Å²) < 4.78 is 2.24. The zero-order valence-electron chi connectivity index (χ0n) is 16.6. The summed E-state index contributed by atoms with van der Waals surface area (Å²) in [5.41, 5.74) is 10.7. The SMILES string of the molecule is O=C(C1CCC2NNNC2C1)N1CCC(c2nccn2Cc2ccncc2)CC1. The van der Waals surface area contributed by atoms with Gasteiger partial charge in [0.1, 0.15) is 5.82 Å². The second-order valence-electron chi connectivity index (χ2n) is 8.51. The molecule has 0 radical (unpaired) electrons. The Kier molecular flexibility index (Phi) is 5.30. The minimum atomic E-state index is 0.149. The topological polar surface area (TPSA) is 87.1 Å². The molecule has 29 heavy (non-hydrogen) atoms. The van der Waals surface area contributed by atoms with Gasteiger partial charge in [-0.15, -0.1) is 0 Å². The highest BCUT2D eigenvalue weighted by atomic mass is 16.2. The third-order valence-electron chi connectivity index (χ3n) is 6.74. The van der Waals surface area contributed by atoms with Crippen LogP contribution in [0.5, 0.6) is 0 Å². The summed E-state index contributed by atoms with van der Waals surface area (Å²) in [5.74, 6) is 2.05. The van der Waals surface area contributed by atoms with E-state index in [1.807, 2.05) is 30.7 Å². The highest BCUT2D eigenvalue weighted by molar-refractivity contribution is 5.79. The zero-order chi connectivity index (χ0) is 19.6. The Balaban J connectivity index is 1.18. The number of aromatic nitrogens is 3. The third-order valence-corrected chi connectivity index (χ3v) is 6.74. The summed E-state index contributed by atoms with van der Waals surface area (Å²) in [6.45, 7) is 2.48. The fraction of sp³-hybridized carbons (Fsp3) is 0.571. The lowest BCUT2D eigenvalue weighted by Crippen LogP contribution is -2.47. The molecule has 3 fully saturated rings. The van der Waals surface area contributed by atoms with Crippen LogP contribution in [0.2, 0.25) is 0 Å². The molecule has 1 saturated carbocycles. The number of carbonyl (C=O) groups is 1. The maximum atomic E-state index is 13.1. The summed E-state index contributed by atoms with van der Waals surface area (Å²) in [7, 11) is 0. The van der Waals surface area contributed by atoms with Crippen LogP contribution < -0.4 is 16.4 Å². The number of pyridine rings is 1. The summed E-state index contributed by atoms with van der Waals surface area (Å²) in [4.78, 5) is 23.9. The normalized spacial score (nSPS) is 27.7. The van der Waals surface area contributed by atoms with Gasteiger partial charge < -0.3 is 9.47 Å². The minimum absolute atomic E-state index is 0.149. The van der Waals surface area contributed by atoms with Crippen LogP contribution >= 0.6 is 0 Å². The minimum Gasteiger partial charge on any atom is -0.342 e. The highest BCUT2D eigenvalue weighted by Crippen LogP contribution is 2.31. The van der Waals surface area contributed by atoms with Crippen molar-refractivity contribution in [3.63, 3.8) is 0 Å². The number of piperidine rings is 1. The summed E-state index contributed by atoms with van der Waals surface area (Å²) >= 11 is 0. The van der Waals surface area contributed by atoms with Crippen LogP contribution in [0.25, 0.3) is 0 Å². The van der Waals surface area contributed by atoms with Crippen molar-refractivity contribution in [1.82, 2.24) is 35.8 Å². The standard InChI is InChI=1S/C21H29N7O/c29-21(17-1-2-18-19(13-17)25-26-24-18)27-10-5-16(6-11-27)20-23-9-12-28(20)14-15-3-7-22-8-4-15/h3-4,7-9,12,16-19,24-26H,1-2,5-6,10-11,13-14H2. The molecule has 4 heterocycles. The highest BCUT2D eigenvalue weighted by Gasteiger charge is 2.38. The van der Waals surface area contributed by atoms with Gasteiger partial charge in [-0.25, -0.2) is 15.8 Å². The van der Waals surface area contributed by atoms with E-state index in [0.29, 0.717) is 23.9 Å². The van der Waals surface area contributed by atoms with E-state index in [9.17, 15) is 4.79 Å². The van der Waals surface area contributed by atoms with Crippen molar-refractivity contribution in [1.29, 1.82) is 0 Å². The molecular formula is C21H29N7O. The first-order valence-electron chi connectivity index (χ1n) is 10.7. The number of imidazole rings is 1.